The molecule has 0 spiro atoms. The van der Waals surface area contributed by atoms with Gasteiger partial charge in [0.25, 0.3) is 0 Å². The lowest BCUT2D eigenvalue weighted by Crippen LogP contribution is -2.01. The Balaban J connectivity index is 1.87. The topological polar surface area (TPSA) is 61.0 Å². The number of nitrogens with zero attached hydrogens (tertiary/aromatic N) is 2. The molecule has 1 aromatic carbocycles. The van der Waals surface area contributed by atoms with Gasteiger partial charge in [-0.05, 0) is 50.3 Å². The minimum atomic E-state index is -0.487. The Hall–Kier alpha value is -2.21. The Bertz CT molecular complexity index is 906. The summed E-state index contributed by atoms with van der Waals surface area (Å²) in [6.45, 7) is 1.82. The smallest absolute Gasteiger partial charge is 0.231 e. The van der Waals surface area contributed by atoms with Crippen molar-refractivity contribution in [2.24, 2.45) is 0 Å². The van der Waals surface area contributed by atoms with Crippen molar-refractivity contribution < 1.29 is 9.13 Å². The van der Waals surface area contributed by atoms with Crippen molar-refractivity contribution in [2.45, 2.75) is 32.6 Å². The lowest BCUT2D eigenvalue weighted by Gasteiger charge is -2.12. The van der Waals surface area contributed by atoms with Gasteiger partial charge in [-0.1, -0.05) is 0 Å². The van der Waals surface area contributed by atoms with Gasteiger partial charge >= 0.3 is 0 Å². The third-order valence-electron chi connectivity index (χ3n) is 4.06. The van der Waals surface area contributed by atoms with Gasteiger partial charge in [-0.25, -0.2) is 9.37 Å². The first kappa shape index (κ1) is 14.4. The summed E-state index contributed by atoms with van der Waals surface area (Å²) in [5, 5.41) is 0.937. The monoisotopic (exact) mass is 329 g/mol. The number of ether oxygens (including phenoxy) is 1. The van der Waals surface area contributed by atoms with E-state index >= 15 is 0 Å². The predicted octanol–water partition coefficient (Wildman–Crippen LogP) is 4.39. The van der Waals surface area contributed by atoms with E-state index in [1.165, 1.54) is 29.0 Å². The molecule has 0 saturated carbocycles. The van der Waals surface area contributed by atoms with Crippen LogP contribution in [0.3, 0.4) is 0 Å². The molecule has 118 valence electrons. The van der Waals surface area contributed by atoms with Gasteiger partial charge in [0.1, 0.15) is 10.7 Å². The zero-order valence-corrected chi connectivity index (χ0v) is 13.5. The first-order valence-corrected chi connectivity index (χ1v) is 8.45. The van der Waals surface area contributed by atoms with Crippen LogP contribution in [0.5, 0.6) is 11.6 Å². The molecule has 0 saturated heterocycles. The Kier molecular flexibility index (Phi) is 3.41. The Morgan fingerprint density at radius 3 is 2.87 bits per heavy atom. The molecule has 0 amide bonds. The lowest BCUT2D eigenvalue weighted by molar-refractivity contribution is 0.430. The number of rotatable bonds is 2. The average molecular weight is 329 g/mol. The van der Waals surface area contributed by atoms with Crippen LogP contribution in [0.25, 0.3) is 10.2 Å². The maximum atomic E-state index is 14.1. The van der Waals surface area contributed by atoms with E-state index in [4.69, 9.17) is 10.5 Å². The first-order valence-electron chi connectivity index (χ1n) is 7.63. The van der Waals surface area contributed by atoms with Gasteiger partial charge in [0.05, 0.1) is 5.39 Å². The summed E-state index contributed by atoms with van der Waals surface area (Å²) < 4.78 is 19.9. The van der Waals surface area contributed by atoms with Crippen molar-refractivity contribution in [1.29, 1.82) is 0 Å². The average Bonchev–Trinajstić information content (AvgIpc) is 2.88. The van der Waals surface area contributed by atoms with Crippen LogP contribution in [0.4, 0.5) is 10.1 Å². The van der Waals surface area contributed by atoms with Crippen LogP contribution in [-0.4, -0.2) is 9.97 Å². The molecular formula is C17H16FN3OS. The van der Waals surface area contributed by atoms with Gasteiger partial charge in [-0.15, -0.1) is 11.3 Å². The highest BCUT2D eigenvalue weighted by Gasteiger charge is 2.22. The van der Waals surface area contributed by atoms with Crippen LogP contribution < -0.4 is 10.5 Å². The van der Waals surface area contributed by atoms with Crippen molar-refractivity contribution in [2.75, 3.05) is 5.73 Å². The number of thiophene rings is 1. The molecule has 0 unspecified atom stereocenters. The fourth-order valence-electron chi connectivity index (χ4n) is 3.00. The van der Waals surface area contributed by atoms with Gasteiger partial charge in [0, 0.05) is 16.6 Å². The molecule has 23 heavy (non-hydrogen) atoms. The summed E-state index contributed by atoms with van der Waals surface area (Å²) in [6, 6.07) is 4.41. The van der Waals surface area contributed by atoms with E-state index in [9.17, 15) is 4.39 Å². The fraction of sp³-hybridized carbons (Fsp3) is 0.294. The van der Waals surface area contributed by atoms with E-state index in [0.717, 1.165) is 29.5 Å². The largest absolute Gasteiger partial charge is 0.435 e. The standard InChI is InChI=1S/C17H16FN3OS/c1-9-20-16(22-13-7-6-10(19)8-12(13)18)15-11-4-2-3-5-14(11)23-17(15)21-9/h6-8H,2-5,19H2,1H3. The maximum Gasteiger partial charge on any atom is 0.231 e. The summed E-state index contributed by atoms with van der Waals surface area (Å²) >= 11 is 1.70. The highest BCUT2D eigenvalue weighted by atomic mass is 32.1. The molecular weight excluding hydrogens is 313 g/mol. The summed E-state index contributed by atoms with van der Waals surface area (Å²) in [7, 11) is 0. The maximum absolute atomic E-state index is 14.1. The third-order valence-corrected chi connectivity index (χ3v) is 5.24. The van der Waals surface area contributed by atoms with E-state index < -0.39 is 5.82 Å². The molecule has 6 heteroatoms. The fourth-order valence-corrected chi connectivity index (χ4v) is 4.30. The second-order valence-corrected chi connectivity index (χ2v) is 6.84. The molecule has 0 atom stereocenters. The molecule has 3 aromatic rings. The quantitative estimate of drug-likeness (QED) is 0.708. The third kappa shape index (κ3) is 2.53. The number of fused-ring (bicyclic) bond motifs is 3. The molecule has 1 aliphatic rings. The second kappa shape index (κ2) is 5.45. The van der Waals surface area contributed by atoms with Crippen LogP contribution in [0.15, 0.2) is 18.2 Å². The number of nitrogens with two attached hydrogens (primary N) is 1. The highest BCUT2D eigenvalue weighted by molar-refractivity contribution is 7.18. The van der Waals surface area contributed by atoms with Crippen molar-refractivity contribution in [1.82, 2.24) is 9.97 Å². The minimum Gasteiger partial charge on any atom is -0.435 e. The molecule has 4 rings (SSSR count). The van der Waals surface area contributed by atoms with Crippen LogP contribution in [-0.2, 0) is 12.8 Å². The number of hydrogen-bond acceptors (Lipinski definition) is 5. The number of aryl methyl sites for hydroxylation is 3. The molecule has 0 bridgehead atoms. The number of anilines is 1. The van der Waals surface area contributed by atoms with E-state index in [0.29, 0.717) is 17.4 Å². The summed E-state index contributed by atoms with van der Waals surface area (Å²) in [5.41, 5.74) is 7.22. The molecule has 0 fully saturated rings. The summed E-state index contributed by atoms with van der Waals surface area (Å²) in [4.78, 5) is 11.2. The van der Waals surface area contributed by atoms with Crippen LogP contribution in [0.1, 0.15) is 29.1 Å². The number of hydrogen-bond donors (Lipinski definition) is 1. The Morgan fingerprint density at radius 2 is 2.04 bits per heavy atom. The molecule has 2 N–H and O–H groups in total. The Labute approximate surface area is 137 Å². The zero-order chi connectivity index (χ0) is 16.0. The number of halogens is 1. The predicted molar refractivity (Wildman–Crippen MR) is 89.7 cm³/mol. The van der Waals surface area contributed by atoms with Crippen molar-refractivity contribution in [3.05, 3.63) is 40.3 Å². The molecule has 4 nitrogen and oxygen atoms in total. The molecule has 2 aromatic heterocycles. The van der Waals surface area contributed by atoms with E-state index in [1.807, 2.05) is 6.92 Å². The van der Waals surface area contributed by atoms with Gasteiger partial charge in [0.15, 0.2) is 11.6 Å². The molecule has 0 radical (unpaired) electrons. The van der Waals surface area contributed by atoms with Crippen LogP contribution in [0.2, 0.25) is 0 Å². The van der Waals surface area contributed by atoms with Crippen molar-refractivity contribution in [3.63, 3.8) is 0 Å². The normalized spacial score (nSPS) is 14.0. The lowest BCUT2D eigenvalue weighted by atomic mass is 9.97. The number of aromatic nitrogens is 2. The number of benzene rings is 1. The van der Waals surface area contributed by atoms with Crippen molar-refractivity contribution in [3.8, 4) is 11.6 Å². The molecule has 0 aliphatic heterocycles. The summed E-state index contributed by atoms with van der Waals surface area (Å²) in [5.74, 6) is 0.713. The Morgan fingerprint density at radius 1 is 1.22 bits per heavy atom. The van der Waals surface area contributed by atoms with Crippen molar-refractivity contribution >= 4 is 27.2 Å². The van der Waals surface area contributed by atoms with Gasteiger partial charge < -0.3 is 10.5 Å². The second-order valence-electron chi connectivity index (χ2n) is 5.76. The van der Waals surface area contributed by atoms with Gasteiger partial charge in [-0.3, -0.25) is 0 Å². The minimum absolute atomic E-state index is 0.134. The van der Waals surface area contributed by atoms with E-state index in [2.05, 4.69) is 9.97 Å². The number of nitrogen functional groups attached to an aromatic ring is 1. The SMILES string of the molecule is Cc1nc(Oc2ccc(N)cc2F)c2c3c(sc2n1)CCCC3. The van der Waals surface area contributed by atoms with E-state index in [-0.39, 0.29) is 5.75 Å². The van der Waals surface area contributed by atoms with Crippen LogP contribution >= 0.6 is 11.3 Å². The van der Waals surface area contributed by atoms with Gasteiger partial charge in [0.2, 0.25) is 5.88 Å². The molecule has 2 heterocycles. The summed E-state index contributed by atoms with van der Waals surface area (Å²) in [6.07, 6.45) is 4.44. The zero-order valence-electron chi connectivity index (χ0n) is 12.7. The first-order chi connectivity index (χ1) is 11.1. The molecule has 1 aliphatic carbocycles. The highest BCUT2D eigenvalue weighted by Crippen LogP contribution is 2.41. The van der Waals surface area contributed by atoms with Gasteiger partial charge in [-0.2, -0.15) is 4.98 Å². The van der Waals surface area contributed by atoms with E-state index in [1.54, 1.807) is 17.4 Å². The van der Waals surface area contributed by atoms with Crippen LogP contribution in [0, 0.1) is 12.7 Å².